The van der Waals surface area contributed by atoms with Crippen LogP contribution in [0.4, 0.5) is 5.69 Å². The number of rotatable bonds is 10. The van der Waals surface area contributed by atoms with Crippen molar-refractivity contribution in [1.82, 2.24) is 9.66 Å². The van der Waals surface area contributed by atoms with Crippen molar-refractivity contribution in [3.8, 4) is 22.9 Å². The van der Waals surface area contributed by atoms with Gasteiger partial charge in [0.25, 0.3) is 11.2 Å². The van der Waals surface area contributed by atoms with Gasteiger partial charge in [-0.05, 0) is 74.6 Å². The molecule has 3 aromatic carbocycles. The van der Waals surface area contributed by atoms with E-state index in [2.05, 4.69) is 18.9 Å². The summed E-state index contributed by atoms with van der Waals surface area (Å²) in [5.41, 5.74) is 3.06. The SMILES string of the molecule is CCOc1cc(C)c(-c2nc3ccccc3c(=O)n2N=Cc2cc([N+](=O)[O-])ccc2O[C@@H](C)CC)cc1C(C)C. The van der Waals surface area contributed by atoms with Gasteiger partial charge in [-0.2, -0.15) is 9.78 Å². The predicted molar refractivity (Wildman–Crippen MR) is 158 cm³/mol. The van der Waals surface area contributed by atoms with Gasteiger partial charge in [-0.3, -0.25) is 14.9 Å². The number of non-ortho nitro benzene ring substituents is 1. The number of para-hydroxylation sites is 1. The van der Waals surface area contributed by atoms with Gasteiger partial charge in [0, 0.05) is 23.3 Å². The van der Waals surface area contributed by atoms with Gasteiger partial charge >= 0.3 is 0 Å². The minimum atomic E-state index is -0.476. The van der Waals surface area contributed by atoms with E-state index >= 15 is 0 Å². The fourth-order valence-corrected chi connectivity index (χ4v) is 4.35. The lowest BCUT2D eigenvalue weighted by molar-refractivity contribution is -0.384. The molecule has 9 nitrogen and oxygen atoms in total. The number of ether oxygens (including phenoxy) is 2. The second-order valence-electron chi connectivity index (χ2n) is 9.92. The van der Waals surface area contributed by atoms with Crippen LogP contribution in [0.5, 0.6) is 11.5 Å². The first-order valence-electron chi connectivity index (χ1n) is 13.4. The highest BCUT2D eigenvalue weighted by Crippen LogP contribution is 2.34. The van der Waals surface area contributed by atoms with E-state index in [4.69, 9.17) is 14.5 Å². The second kappa shape index (κ2) is 12.1. The van der Waals surface area contributed by atoms with Gasteiger partial charge < -0.3 is 9.47 Å². The minimum absolute atomic E-state index is 0.105. The number of nitro groups is 1. The van der Waals surface area contributed by atoms with Gasteiger partial charge in [-0.1, -0.05) is 32.9 Å². The van der Waals surface area contributed by atoms with Crippen LogP contribution in [-0.4, -0.2) is 33.5 Å². The lowest BCUT2D eigenvalue weighted by atomic mass is 9.96. The largest absolute Gasteiger partial charge is 0.494 e. The minimum Gasteiger partial charge on any atom is -0.494 e. The maximum Gasteiger partial charge on any atom is 0.282 e. The molecule has 0 spiro atoms. The zero-order valence-electron chi connectivity index (χ0n) is 23.7. The smallest absolute Gasteiger partial charge is 0.282 e. The number of hydrogen-bond acceptors (Lipinski definition) is 7. The van der Waals surface area contributed by atoms with Crippen LogP contribution in [0.2, 0.25) is 0 Å². The highest BCUT2D eigenvalue weighted by Gasteiger charge is 2.19. The number of aromatic nitrogens is 2. The molecule has 0 saturated carbocycles. The Morgan fingerprint density at radius 1 is 1.07 bits per heavy atom. The third-order valence-electron chi connectivity index (χ3n) is 6.69. The van der Waals surface area contributed by atoms with Crippen molar-refractivity contribution in [2.24, 2.45) is 5.10 Å². The first-order chi connectivity index (χ1) is 19.1. The molecule has 0 aliphatic heterocycles. The van der Waals surface area contributed by atoms with Crippen molar-refractivity contribution in [2.45, 2.75) is 60.0 Å². The molecule has 0 saturated heterocycles. The van der Waals surface area contributed by atoms with Gasteiger partial charge in [0.2, 0.25) is 0 Å². The molecule has 1 heterocycles. The third-order valence-corrected chi connectivity index (χ3v) is 6.69. The molecule has 1 atom stereocenters. The lowest BCUT2D eigenvalue weighted by Crippen LogP contribution is -2.21. The maximum atomic E-state index is 13.8. The van der Waals surface area contributed by atoms with E-state index in [-0.39, 0.29) is 23.3 Å². The number of benzene rings is 3. The standard InChI is InChI=1S/C31H34N4O5/c1-7-21(6)40-28-14-13-23(35(37)38)16-22(28)18-32-34-30(33-27-12-10-9-11-24(27)31(34)36)26-17-25(19(3)4)29(39-8-2)15-20(26)5/h9-19,21H,7-8H2,1-6H3/t21-/m0/s1. The summed E-state index contributed by atoms with van der Waals surface area (Å²) in [5.74, 6) is 1.75. The fourth-order valence-electron chi connectivity index (χ4n) is 4.35. The highest BCUT2D eigenvalue weighted by molar-refractivity contribution is 5.85. The predicted octanol–water partition coefficient (Wildman–Crippen LogP) is 6.86. The Hall–Kier alpha value is -4.53. The zero-order valence-corrected chi connectivity index (χ0v) is 23.7. The Balaban J connectivity index is 1.97. The van der Waals surface area contributed by atoms with Gasteiger partial charge in [0.05, 0.1) is 34.8 Å². The molecule has 0 aliphatic rings. The molecule has 0 unspecified atom stereocenters. The Labute approximate surface area is 233 Å². The Morgan fingerprint density at radius 2 is 1.82 bits per heavy atom. The molecule has 9 heteroatoms. The number of aryl methyl sites for hydroxylation is 1. The van der Waals surface area contributed by atoms with Crippen molar-refractivity contribution in [3.05, 3.63) is 91.8 Å². The van der Waals surface area contributed by atoms with Crippen LogP contribution in [-0.2, 0) is 0 Å². The highest BCUT2D eigenvalue weighted by atomic mass is 16.6. The Kier molecular flexibility index (Phi) is 8.62. The molecular formula is C31H34N4O5. The summed E-state index contributed by atoms with van der Waals surface area (Å²) in [6.45, 7) is 12.5. The van der Waals surface area contributed by atoms with E-state index in [1.54, 1.807) is 24.3 Å². The normalized spacial score (nSPS) is 12.3. The summed E-state index contributed by atoms with van der Waals surface area (Å²) in [6, 6.07) is 15.4. The van der Waals surface area contributed by atoms with Crippen LogP contribution in [0.25, 0.3) is 22.3 Å². The van der Waals surface area contributed by atoms with Crippen LogP contribution in [0.1, 0.15) is 63.6 Å². The second-order valence-corrected chi connectivity index (χ2v) is 9.92. The van der Waals surface area contributed by atoms with Crippen molar-refractivity contribution in [3.63, 3.8) is 0 Å². The molecule has 0 N–H and O–H groups in total. The number of nitrogens with zero attached hydrogens (tertiary/aromatic N) is 4. The number of nitro benzene ring substituents is 1. The molecule has 4 rings (SSSR count). The summed E-state index contributed by atoms with van der Waals surface area (Å²) in [7, 11) is 0. The molecular weight excluding hydrogens is 508 g/mol. The summed E-state index contributed by atoms with van der Waals surface area (Å²) in [5, 5.41) is 16.5. The summed E-state index contributed by atoms with van der Waals surface area (Å²) in [6.07, 6.45) is 2.05. The molecule has 4 aromatic rings. The van der Waals surface area contributed by atoms with Gasteiger partial charge in [-0.15, -0.1) is 0 Å². The van der Waals surface area contributed by atoms with Crippen molar-refractivity contribution >= 4 is 22.8 Å². The maximum absolute atomic E-state index is 13.8. The van der Waals surface area contributed by atoms with Crippen molar-refractivity contribution in [2.75, 3.05) is 6.61 Å². The average molecular weight is 543 g/mol. The molecule has 0 aliphatic carbocycles. The van der Waals surface area contributed by atoms with E-state index in [1.807, 2.05) is 45.9 Å². The fraction of sp³-hybridized carbons (Fsp3) is 0.323. The van der Waals surface area contributed by atoms with Crippen LogP contribution < -0.4 is 15.0 Å². The quantitative estimate of drug-likeness (QED) is 0.123. The summed E-state index contributed by atoms with van der Waals surface area (Å²) >= 11 is 0. The molecule has 0 bridgehead atoms. The monoisotopic (exact) mass is 542 g/mol. The molecule has 0 radical (unpaired) electrons. The number of hydrogen-bond donors (Lipinski definition) is 0. The third kappa shape index (κ3) is 5.88. The zero-order chi connectivity index (χ0) is 29.0. The number of fused-ring (bicyclic) bond motifs is 1. The first-order valence-corrected chi connectivity index (χ1v) is 13.4. The van der Waals surface area contributed by atoms with Crippen LogP contribution >= 0.6 is 0 Å². The molecule has 40 heavy (non-hydrogen) atoms. The molecule has 0 fully saturated rings. The summed E-state index contributed by atoms with van der Waals surface area (Å²) in [4.78, 5) is 29.7. The van der Waals surface area contributed by atoms with Gasteiger partial charge in [0.1, 0.15) is 11.5 Å². The molecule has 1 aromatic heterocycles. The Morgan fingerprint density at radius 3 is 2.50 bits per heavy atom. The van der Waals surface area contributed by atoms with E-state index in [1.165, 1.54) is 23.0 Å². The van der Waals surface area contributed by atoms with Crippen LogP contribution in [0, 0.1) is 17.0 Å². The molecule has 0 amide bonds. The van der Waals surface area contributed by atoms with Crippen LogP contribution in [0.15, 0.2) is 64.5 Å². The first kappa shape index (κ1) is 28.5. The van der Waals surface area contributed by atoms with E-state index in [0.29, 0.717) is 34.6 Å². The van der Waals surface area contributed by atoms with Crippen molar-refractivity contribution < 1.29 is 14.4 Å². The lowest BCUT2D eigenvalue weighted by Gasteiger charge is -2.18. The average Bonchev–Trinajstić information content (AvgIpc) is 2.93. The molecule has 208 valence electrons. The van der Waals surface area contributed by atoms with E-state index in [0.717, 1.165) is 28.9 Å². The topological polar surface area (TPSA) is 109 Å². The van der Waals surface area contributed by atoms with E-state index < -0.39 is 4.92 Å². The van der Waals surface area contributed by atoms with E-state index in [9.17, 15) is 14.9 Å². The Bertz CT molecular complexity index is 1640. The van der Waals surface area contributed by atoms with Crippen molar-refractivity contribution in [1.29, 1.82) is 0 Å². The van der Waals surface area contributed by atoms with Gasteiger partial charge in [0.15, 0.2) is 5.82 Å². The van der Waals surface area contributed by atoms with Crippen LogP contribution in [0.3, 0.4) is 0 Å². The summed E-state index contributed by atoms with van der Waals surface area (Å²) < 4.78 is 13.1. The van der Waals surface area contributed by atoms with Gasteiger partial charge in [-0.25, -0.2) is 4.98 Å².